The number of amides is 1. The number of hydrogen-bond donors (Lipinski definition) is 2. The molecule has 2 aromatic carbocycles. The van der Waals surface area contributed by atoms with Crippen molar-refractivity contribution in [3.8, 4) is 0 Å². The fourth-order valence-corrected chi connectivity index (χ4v) is 4.01. The van der Waals surface area contributed by atoms with Crippen molar-refractivity contribution in [2.45, 2.75) is 46.1 Å². The summed E-state index contributed by atoms with van der Waals surface area (Å²) < 4.78 is 0. The molecule has 2 N–H and O–H groups in total. The van der Waals surface area contributed by atoms with Gasteiger partial charge in [0.1, 0.15) is 5.82 Å². The molecule has 5 heteroatoms. The third-order valence-corrected chi connectivity index (χ3v) is 5.86. The SMILES string of the molecule is Cc1ccc2nc(CN3CCC(C(=O)Nc4ccc(C(C)C)cc4)CC3)[nH]c2c1. The van der Waals surface area contributed by atoms with E-state index in [1.54, 1.807) is 0 Å². The molecule has 0 atom stereocenters. The number of anilines is 1. The normalized spacial score (nSPS) is 15.9. The number of imidazole rings is 1. The second-order valence-electron chi connectivity index (χ2n) is 8.52. The van der Waals surface area contributed by atoms with E-state index in [4.69, 9.17) is 4.98 Å². The summed E-state index contributed by atoms with van der Waals surface area (Å²) in [5, 5.41) is 3.09. The van der Waals surface area contributed by atoms with Crippen LogP contribution in [0.25, 0.3) is 11.0 Å². The van der Waals surface area contributed by atoms with Crippen LogP contribution in [-0.4, -0.2) is 33.9 Å². The minimum atomic E-state index is 0.0781. The van der Waals surface area contributed by atoms with E-state index in [0.717, 1.165) is 55.0 Å². The van der Waals surface area contributed by atoms with Gasteiger partial charge >= 0.3 is 0 Å². The molecule has 4 rings (SSSR count). The number of nitrogens with zero attached hydrogens (tertiary/aromatic N) is 2. The van der Waals surface area contributed by atoms with Crippen molar-refractivity contribution in [1.82, 2.24) is 14.9 Å². The van der Waals surface area contributed by atoms with Crippen LogP contribution in [0.1, 0.15) is 49.6 Å². The zero-order chi connectivity index (χ0) is 20.4. The van der Waals surface area contributed by atoms with Crippen molar-refractivity contribution in [3.63, 3.8) is 0 Å². The number of hydrogen-bond acceptors (Lipinski definition) is 3. The number of piperidine rings is 1. The van der Waals surface area contributed by atoms with Gasteiger partial charge in [-0.1, -0.05) is 32.0 Å². The van der Waals surface area contributed by atoms with E-state index >= 15 is 0 Å². The van der Waals surface area contributed by atoms with E-state index in [1.165, 1.54) is 11.1 Å². The predicted molar refractivity (Wildman–Crippen MR) is 118 cm³/mol. The molecule has 2 heterocycles. The summed E-state index contributed by atoms with van der Waals surface area (Å²) in [6.45, 7) is 9.08. The molecule has 29 heavy (non-hydrogen) atoms. The number of carbonyl (C=O) groups excluding carboxylic acids is 1. The highest BCUT2D eigenvalue weighted by Crippen LogP contribution is 2.23. The Morgan fingerprint density at radius 1 is 1.17 bits per heavy atom. The highest BCUT2D eigenvalue weighted by Gasteiger charge is 2.25. The first-order valence-corrected chi connectivity index (χ1v) is 10.6. The van der Waals surface area contributed by atoms with Gasteiger partial charge in [-0.2, -0.15) is 0 Å². The van der Waals surface area contributed by atoms with Gasteiger partial charge in [-0.05, 0) is 74.2 Å². The van der Waals surface area contributed by atoms with Crippen LogP contribution in [0, 0.1) is 12.8 Å². The number of likely N-dealkylation sites (tertiary alicyclic amines) is 1. The molecule has 1 saturated heterocycles. The van der Waals surface area contributed by atoms with Crippen molar-refractivity contribution >= 4 is 22.6 Å². The molecule has 0 radical (unpaired) electrons. The summed E-state index contributed by atoms with van der Waals surface area (Å²) in [4.78, 5) is 23.2. The van der Waals surface area contributed by atoms with E-state index in [-0.39, 0.29) is 11.8 Å². The molecule has 0 aliphatic carbocycles. The summed E-state index contributed by atoms with van der Waals surface area (Å²) in [7, 11) is 0. The van der Waals surface area contributed by atoms with E-state index in [9.17, 15) is 4.79 Å². The zero-order valence-electron chi connectivity index (χ0n) is 17.5. The Balaban J connectivity index is 1.29. The Hall–Kier alpha value is -2.66. The standard InChI is InChI=1S/C24H30N4O/c1-16(2)18-5-7-20(8-6-18)25-24(29)19-10-12-28(13-11-19)15-23-26-21-9-4-17(3)14-22(21)27-23/h4-9,14,16,19H,10-13,15H2,1-3H3,(H,25,29)(H,26,27). The first-order valence-electron chi connectivity index (χ1n) is 10.6. The van der Waals surface area contributed by atoms with Crippen LogP contribution in [0.15, 0.2) is 42.5 Å². The van der Waals surface area contributed by atoms with Crippen molar-refractivity contribution in [2.75, 3.05) is 18.4 Å². The van der Waals surface area contributed by atoms with Crippen molar-refractivity contribution in [2.24, 2.45) is 5.92 Å². The van der Waals surface area contributed by atoms with Gasteiger partial charge in [0.15, 0.2) is 0 Å². The molecule has 1 aliphatic heterocycles. The number of rotatable bonds is 5. The number of carbonyl (C=O) groups is 1. The van der Waals surface area contributed by atoms with E-state index in [2.05, 4.69) is 66.3 Å². The molecular formula is C24H30N4O. The fourth-order valence-electron chi connectivity index (χ4n) is 4.01. The Morgan fingerprint density at radius 2 is 1.90 bits per heavy atom. The van der Waals surface area contributed by atoms with Crippen LogP contribution in [0.5, 0.6) is 0 Å². The van der Waals surface area contributed by atoms with Gasteiger partial charge in [-0.15, -0.1) is 0 Å². The molecule has 1 fully saturated rings. The molecule has 1 amide bonds. The van der Waals surface area contributed by atoms with Crippen molar-refractivity contribution < 1.29 is 4.79 Å². The lowest BCUT2D eigenvalue weighted by Gasteiger charge is -2.30. The third kappa shape index (κ3) is 4.67. The van der Waals surface area contributed by atoms with Crippen molar-refractivity contribution in [1.29, 1.82) is 0 Å². The van der Waals surface area contributed by atoms with Gasteiger partial charge in [0.05, 0.1) is 17.6 Å². The summed E-state index contributed by atoms with van der Waals surface area (Å²) in [5.41, 5.74) is 5.52. The lowest BCUT2D eigenvalue weighted by atomic mass is 9.95. The third-order valence-electron chi connectivity index (χ3n) is 5.86. The molecule has 0 bridgehead atoms. The largest absolute Gasteiger partial charge is 0.341 e. The maximum atomic E-state index is 12.7. The second-order valence-corrected chi connectivity index (χ2v) is 8.52. The molecule has 5 nitrogen and oxygen atoms in total. The molecule has 0 saturated carbocycles. The summed E-state index contributed by atoms with van der Waals surface area (Å²) in [5.74, 6) is 1.72. The Morgan fingerprint density at radius 3 is 2.59 bits per heavy atom. The van der Waals surface area contributed by atoms with Crippen LogP contribution in [0.3, 0.4) is 0 Å². The van der Waals surface area contributed by atoms with Gasteiger partial charge < -0.3 is 10.3 Å². The number of aromatic amines is 1. The minimum Gasteiger partial charge on any atom is -0.341 e. The molecule has 152 valence electrons. The number of H-pyrrole nitrogens is 1. The monoisotopic (exact) mass is 390 g/mol. The lowest BCUT2D eigenvalue weighted by molar-refractivity contribution is -0.121. The van der Waals surface area contributed by atoms with Crippen LogP contribution in [-0.2, 0) is 11.3 Å². The summed E-state index contributed by atoms with van der Waals surface area (Å²) in [6.07, 6.45) is 1.77. The Labute approximate surface area is 172 Å². The van der Waals surface area contributed by atoms with Gasteiger partial charge in [-0.25, -0.2) is 4.98 Å². The number of aryl methyl sites for hydroxylation is 1. The second kappa shape index (κ2) is 8.37. The maximum Gasteiger partial charge on any atom is 0.227 e. The van der Waals surface area contributed by atoms with E-state index in [1.807, 2.05) is 12.1 Å². The predicted octanol–water partition coefficient (Wildman–Crippen LogP) is 4.85. The Bertz CT molecular complexity index is 982. The number of aromatic nitrogens is 2. The average molecular weight is 391 g/mol. The van der Waals surface area contributed by atoms with Crippen LogP contribution in [0.2, 0.25) is 0 Å². The highest BCUT2D eigenvalue weighted by molar-refractivity contribution is 5.92. The molecule has 1 aromatic heterocycles. The average Bonchev–Trinajstić information content (AvgIpc) is 3.10. The number of benzene rings is 2. The first-order chi connectivity index (χ1) is 14.0. The van der Waals surface area contributed by atoms with Crippen molar-refractivity contribution in [3.05, 3.63) is 59.4 Å². The number of fused-ring (bicyclic) bond motifs is 1. The molecular weight excluding hydrogens is 360 g/mol. The Kier molecular flexibility index (Phi) is 5.67. The maximum absolute atomic E-state index is 12.7. The molecule has 0 spiro atoms. The lowest BCUT2D eigenvalue weighted by Crippen LogP contribution is -2.38. The van der Waals surface area contributed by atoms with Gasteiger partial charge in [0.25, 0.3) is 0 Å². The van der Waals surface area contributed by atoms with E-state index < -0.39 is 0 Å². The smallest absolute Gasteiger partial charge is 0.227 e. The van der Waals surface area contributed by atoms with Crippen LogP contribution in [0.4, 0.5) is 5.69 Å². The molecule has 3 aromatic rings. The van der Waals surface area contributed by atoms with E-state index in [0.29, 0.717) is 5.92 Å². The van der Waals surface area contributed by atoms with Crippen LogP contribution < -0.4 is 5.32 Å². The minimum absolute atomic E-state index is 0.0781. The molecule has 1 aliphatic rings. The summed E-state index contributed by atoms with van der Waals surface area (Å²) >= 11 is 0. The van der Waals surface area contributed by atoms with Crippen LogP contribution >= 0.6 is 0 Å². The summed E-state index contributed by atoms with van der Waals surface area (Å²) in [6, 6.07) is 14.5. The fraction of sp³-hybridized carbons (Fsp3) is 0.417. The zero-order valence-corrected chi connectivity index (χ0v) is 17.5. The number of nitrogens with one attached hydrogen (secondary N) is 2. The topological polar surface area (TPSA) is 61.0 Å². The molecule has 0 unspecified atom stereocenters. The highest BCUT2D eigenvalue weighted by atomic mass is 16.1. The quantitative estimate of drug-likeness (QED) is 0.655. The van der Waals surface area contributed by atoms with Gasteiger partial charge in [0.2, 0.25) is 5.91 Å². The first kappa shape index (κ1) is 19.6. The van der Waals surface area contributed by atoms with Gasteiger partial charge in [-0.3, -0.25) is 9.69 Å². The van der Waals surface area contributed by atoms with Gasteiger partial charge in [0, 0.05) is 11.6 Å².